The van der Waals surface area contributed by atoms with Gasteiger partial charge in [0.15, 0.2) is 0 Å². The average molecular weight is 518 g/mol. The van der Waals surface area contributed by atoms with E-state index in [2.05, 4.69) is 5.32 Å². The van der Waals surface area contributed by atoms with Crippen LogP contribution in [0.4, 0.5) is 5.69 Å². The Morgan fingerprint density at radius 3 is 2.28 bits per heavy atom. The number of nitrogens with one attached hydrogen (secondary N) is 1. The second-order valence-corrected chi connectivity index (χ2v) is 10.9. The number of sulfonamides is 1. The molecule has 0 aliphatic heterocycles. The SMILES string of the molecule is CCCCNC(=O)[C@H](CC)N(Cc1ccc(OC)cc1)C(=O)CN(c1cc(C)ccc1C)S(C)(=O)=O. The first-order valence-electron chi connectivity index (χ1n) is 12.3. The highest BCUT2D eigenvalue weighted by Gasteiger charge is 2.32. The number of aryl methyl sites for hydroxylation is 2. The summed E-state index contributed by atoms with van der Waals surface area (Å²) in [7, 11) is -2.19. The van der Waals surface area contributed by atoms with E-state index in [-0.39, 0.29) is 12.5 Å². The summed E-state index contributed by atoms with van der Waals surface area (Å²) >= 11 is 0. The van der Waals surface area contributed by atoms with Crippen LogP contribution < -0.4 is 14.4 Å². The number of nitrogens with zero attached hydrogens (tertiary/aromatic N) is 2. The van der Waals surface area contributed by atoms with Crippen LogP contribution in [0, 0.1) is 13.8 Å². The molecular weight excluding hydrogens is 478 g/mol. The number of anilines is 1. The number of unbranched alkanes of at least 4 members (excludes halogenated alkanes) is 1. The standard InChI is InChI=1S/C27H39N3O5S/c1-7-9-16-28-27(32)24(8-2)29(18-22-12-14-23(35-5)15-13-22)26(31)19-30(36(6,33)34)25-17-20(3)10-11-21(25)4/h10-15,17,24H,7-9,16,18-19H2,1-6H3,(H,28,32)/t24-/m0/s1. The second kappa shape index (κ2) is 13.3. The van der Waals surface area contributed by atoms with E-state index >= 15 is 0 Å². The van der Waals surface area contributed by atoms with Crippen LogP contribution in [-0.2, 0) is 26.2 Å². The van der Waals surface area contributed by atoms with E-state index < -0.39 is 28.5 Å². The molecule has 0 unspecified atom stereocenters. The lowest BCUT2D eigenvalue weighted by atomic mass is 10.1. The minimum absolute atomic E-state index is 0.160. The van der Waals surface area contributed by atoms with Gasteiger partial charge in [-0.2, -0.15) is 0 Å². The number of methoxy groups -OCH3 is 1. The van der Waals surface area contributed by atoms with Crippen molar-refractivity contribution in [3.63, 3.8) is 0 Å². The van der Waals surface area contributed by atoms with Gasteiger partial charge >= 0.3 is 0 Å². The van der Waals surface area contributed by atoms with Gasteiger partial charge < -0.3 is 15.0 Å². The highest BCUT2D eigenvalue weighted by molar-refractivity contribution is 7.92. The van der Waals surface area contributed by atoms with Crippen molar-refractivity contribution in [1.82, 2.24) is 10.2 Å². The molecule has 0 aliphatic carbocycles. The molecule has 0 aromatic heterocycles. The van der Waals surface area contributed by atoms with Gasteiger partial charge in [0.05, 0.1) is 19.1 Å². The molecule has 1 atom stereocenters. The van der Waals surface area contributed by atoms with Gasteiger partial charge in [0.2, 0.25) is 21.8 Å². The number of carbonyl (C=O) groups excluding carboxylic acids is 2. The van der Waals surface area contributed by atoms with Crippen molar-refractivity contribution in [2.75, 3.05) is 30.8 Å². The monoisotopic (exact) mass is 517 g/mol. The van der Waals surface area contributed by atoms with Crippen LogP contribution in [-0.4, -0.2) is 57.6 Å². The number of amides is 2. The number of hydrogen-bond donors (Lipinski definition) is 1. The molecule has 2 rings (SSSR count). The van der Waals surface area contributed by atoms with E-state index in [1.165, 1.54) is 4.90 Å². The lowest BCUT2D eigenvalue weighted by Gasteiger charge is -2.33. The number of ether oxygens (including phenoxy) is 1. The minimum Gasteiger partial charge on any atom is -0.497 e. The zero-order valence-corrected chi connectivity index (χ0v) is 23.0. The average Bonchev–Trinajstić information content (AvgIpc) is 2.83. The van der Waals surface area contributed by atoms with Crippen LogP contribution in [0.5, 0.6) is 5.75 Å². The van der Waals surface area contributed by atoms with Crippen molar-refractivity contribution in [3.8, 4) is 5.75 Å². The van der Waals surface area contributed by atoms with Gasteiger partial charge in [-0.1, -0.05) is 44.5 Å². The van der Waals surface area contributed by atoms with Gasteiger partial charge in [0, 0.05) is 13.1 Å². The molecule has 36 heavy (non-hydrogen) atoms. The first-order valence-corrected chi connectivity index (χ1v) is 14.1. The van der Waals surface area contributed by atoms with E-state index in [1.807, 2.05) is 52.0 Å². The number of rotatable bonds is 13. The van der Waals surface area contributed by atoms with E-state index in [1.54, 1.807) is 25.3 Å². The molecule has 2 amide bonds. The van der Waals surface area contributed by atoms with Crippen molar-refractivity contribution >= 4 is 27.5 Å². The van der Waals surface area contributed by atoms with Gasteiger partial charge in [0.1, 0.15) is 18.3 Å². The first kappa shape index (κ1) is 29.2. The second-order valence-electron chi connectivity index (χ2n) is 9.00. The molecule has 0 heterocycles. The summed E-state index contributed by atoms with van der Waals surface area (Å²) in [5, 5.41) is 2.92. The Kier molecular flexibility index (Phi) is 10.8. The fourth-order valence-electron chi connectivity index (χ4n) is 3.94. The van der Waals surface area contributed by atoms with Crippen LogP contribution in [0.1, 0.15) is 49.8 Å². The molecule has 0 fully saturated rings. The fraction of sp³-hybridized carbons (Fsp3) is 0.481. The molecule has 0 saturated heterocycles. The normalized spacial score (nSPS) is 12.1. The topological polar surface area (TPSA) is 96.0 Å². The van der Waals surface area contributed by atoms with E-state index in [4.69, 9.17) is 4.74 Å². The Morgan fingerprint density at radius 2 is 1.72 bits per heavy atom. The van der Waals surface area contributed by atoms with Gasteiger partial charge in [-0.25, -0.2) is 8.42 Å². The molecule has 198 valence electrons. The summed E-state index contributed by atoms with van der Waals surface area (Å²) in [6, 6.07) is 12.0. The summed E-state index contributed by atoms with van der Waals surface area (Å²) in [4.78, 5) is 28.3. The van der Waals surface area contributed by atoms with Gasteiger partial charge in [0.25, 0.3) is 0 Å². The van der Waals surface area contributed by atoms with Crippen molar-refractivity contribution < 1.29 is 22.7 Å². The maximum Gasteiger partial charge on any atom is 0.244 e. The number of carbonyl (C=O) groups is 2. The molecular formula is C27H39N3O5S. The maximum absolute atomic E-state index is 13.7. The minimum atomic E-state index is -3.77. The van der Waals surface area contributed by atoms with Gasteiger partial charge in [-0.3, -0.25) is 13.9 Å². The van der Waals surface area contributed by atoms with Crippen LogP contribution in [0.25, 0.3) is 0 Å². The summed E-state index contributed by atoms with van der Waals surface area (Å²) in [5.41, 5.74) is 2.88. The Balaban J connectivity index is 2.44. The molecule has 0 spiro atoms. The predicted octanol–water partition coefficient (Wildman–Crippen LogP) is 3.80. The third kappa shape index (κ3) is 7.98. The van der Waals surface area contributed by atoms with Gasteiger partial charge in [-0.05, 0) is 61.6 Å². The smallest absolute Gasteiger partial charge is 0.244 e. The highest BCUT2D eigenvalue weighted by atomic mass is 32.2. The Labute approximate surface area is 215 Å². The summed E-state index contributed by atoms with van der Waals surface area (Å²) in [6.07, 6.45) is 3.25. The van der Waals surface area contributed by atoms with Crippen LogP contribution in [0.3, 0.4) is 0 Å². The summed E-state index contributed by atoms with van der Waals surface area (Å²) in [6.45, 7) is 7.84. The molecule has 0 aliphatic rings. The van der Waals surface area contributed by atoms with Crippen molar-refractivity contribution in [2.45, 2.75) is 59.5 Å². The highest BCUT2D eigenvalue weighted by Crippen LogP contribution is 2.25. The largest absolute Gasteiger partial charge is 0.497 e. The molecule has 1 N–H and O–H groups in total. The van der Waals surface area contributed by atoms with Gasteiger partial charge in [-0.15, -0.1) is 0 Å². The molecule has 2 aromatic rings. The first-order chi connectivity index (χ1) is 17.0. The molecule has 0 saturated carbocycles. The van der Waals surface area contributed by atoms with E-state index in [9.17, 15) is 18.0 Å². The lowest BCUT2D eigenvalue weighted by Crippen LogP contribution is -2.52. The Bertz CT molecular complexity index is 1130. The Hall–Kier alpha value is -3.07. The number of hydrogen-bond acceptors (Lipinski definition) is 5. The van der Waals surface area contributed by atoms with Crippen molar-refractivity contribution in [1.29, 1.82) is 0 Å². The van der Waals surface area contributed by atoms with Crippen LogP contribution in [0.15, 0.2) is 42.5 Å². The van der Waals surface area contributed by atoms with E-state index in [0.29, 0.717) is 24.4 Å². The summed E-state index contributed by atoms with van der Waals surface area (Å²) < 4.78 is 31.9. The zero-order valence-electron chi connectivity index (χ0n) is 22.2. The third-order valence-corrected chi connectivity index (χ3v) is 7.17. The summed E-state index contributed by atoms with van der Waals surface area (Å²) in [5.74, 6) is -0.0146. The third-order valence-electron chi connectivity index (χ3n) is 6.04. The molecule has 2 aromatic carbocycles. The quantitative estimate of drug-likeness (QED) is 0.408. The Morgan fingerprint density at radius 1 is 1.06 bits per heavy atom. The lowest BCUT2D eigenvalue weighted by molar-refractivity contribution is -0.140. The van der Waals surface area contributed by atoms with Crippen molar-refractivity contribution in [3.05, 3.63) is 59.2 Å². The maximum atomic E-state index is 13.7. The van der Waals surface area contributed by atoms with Crippen molar-refractivity contribution in [2.24, 2.45) is 0 Å². The fourth-order valence-corrected chi connectivity index (χ4v) is 4.84. The predicted molar refractivity (Wildman–Crippen MR) is 144 cm³/mol. The van der Waals surface area contributed by atoms with Crippen LogP contribution >= 0.6 is 0 Å². The molecule has 0 radical (unpaired) electrons. The zero-order chi connectivity index (χ0) is 26.9. The molecule has 9 heteroatoms. The molecule has 8 nitrogen and oxygen atoms in total. The van der Waals surface area contributed by atoms with Crippen LogP contribution in [0.2, 0.25) is 0 Å². The van der Waals surface area contributed by atoms with E-state index in [0.717, 1.165) is 40.1 Å². The molecule has 0 bridgehead atoms. The number of benzene rings is 2.